The van der Waals surface area contributed by atoms with Crippen LogP contribution in [0.5, 0.6) is 0 Å². The molecule has 2 aliphatic rings. The standard InChI is InChI=1S/C14H15NO4/c16-12-6-14(19-8-12)9-15(10-14)13(17)18-7-11-4-2-1-3-5-11/h1-5H,6-10H2. The Balaban J connectivity index is 1.47. The summed E-state index contributed by atoms with van der Waals surface area (Å²) >= 11 is 0. The Kier molecular flexibility index (Phi) is 2.98. The number of amides is 1. The molecule has 0 aliphatic carbocycles. The summed E-state index contributed by atoms with van der Waals surface area (Å²) in [5.74, 6) is 0.109. The molecular weight excluding hydrogens is 246 g/mol. The molecule has 5 heteroatoms. The van der Waals surface area contributed by atoms with Crippen molar-refractivity contribution in [2.75, 3.05) is 19.7 Å². The van der Waals surface area contributed by atoms with E-state index in [9.17, 15) is 9.59 Å². The Morgan fingerprint density at radius 2 is 2.05 bits per heavy atom. The summed E-state index contributed by atoms with van der Waals surface area (Å²) in [7, 11) is 0. The van der Waals surface area contributed by atoms with Crippen LogP contribution in [0.1, 0.15) is 12.0 Å². The quantitative estimate of drug-likeness (QED) is 0.806. The minimum absolute atomic E-state index is 0.109. The number of carbonyl (C=O) groups is 2. The number of nitrogens with zero attached hydrogens (tertiary/aromatic N) is 1. The Labute approximate surface area is 111 Å². The first kappa shape index (κ1) is 12.2. The van der Waals surface area contributed by atoms with Crippen LogP contribution < -0.4 is 0 Å². The smallest absolute Gasteiger partial charge is 0.410 e. The zero-order valence-corrected chi connectivity index (χ0v) is 10.5. The molecule has 3 rings (SSSR count). The van der Waals surface area contributed by atoms with Crippen molar-refractivity contribution in [3.8, 4) is 0 Å². The van der Waals surface area contributed by atoms with Crippen LogP contribution in [-0.4, -0.2) is 42.1 Å². The van der Waals surface area contributed by atoms with Gasteiger partial charge in [0.05, 0.1) is 13.1 Å². The van der Waals surface area contributed by atoms with Crippen LogP contribution in [-0.2, 0) is 20.9 Å². The highest BCUT2D eigenvalue weighted by molar-refractivity contribution is 5.83. The molecule has 100 valence electrons. The Morgan fingerprint density at radius 3 is 2.68 bits per heavy atom. The van der Waals surface area contributed by atoms with Gasteiger partial charge in [-0.25, -0.2) is 4.79 Å². The van der Waals surface area contributed by atoms with Gasteiger partial charge in [-0.05, 0) is 5.56 Å². The van der Waals surface area contributed by atoms with Gasteiger partial charge in [0.1, 0.15) is 18.8 Å². The minimum atomic E-state index is -0.428. The number of ketones is 1. The zero-order valence-electron chi connectivity index (χ0n) is 10.5. The lowest BCUT2D eigenvalue weighted by Crippen LogP contribution is -2.63. The molecule has 1 aromatic rings. The first-order valence-corrected chi connectivity index (χ1v) is 6.28. The van der Waals surface area contributed by atoms with Crippen LogP contribution in [0.2, 0.25) is 0 Å². The number of Topliss-reactive ketones (excluding diaryl/α,β-unsaturated/α-hetero) is 1. The fourth-order valence-electron chi connectivity index (χ4n) is 2.49. The maximum Gasteiger partial charge on any atom is 0.410 e. The summed E-state index contributed by atoms with van der Waals surface area (Å²) in [4.78, 5) is 24.5. The van der Waals surface area contributed by atoms with E-state index in [1.807, 2.05) is 30.3 Å². The van der Waals surface area contributed by atoms with Gasteiger partial charge in [-0.1, -0.05) is 30.3 Å². The Bertz CT molecular complexity index is 493. The van der Waals surface area contributed by atoms with E-state index in [0.29, 0.717) is 19.5 Å². The number of likely N-dealkylation sites (tertiary alicyclic amines) is 1. The lowest BCUT2D eigenvalue weighted by molar-refractivity contribution is -0.118. The molecule has 19 heavy (non-hydrogen) atoms. The maximum atomic E-state index is 11.8. The predicted octanol–water partition coefficient (Wildman–Crippen LogP) is 1.37. The number of carbonyl (C=O) groups excluding carboxylic acids is 2. The molecule has 0 aromatic heterocycles. The van der Waals surface area contributed by atoms with Crippen molar-refractivity contribution in [2.24, 2.45) is 0 Å². The molecule has 2 fully saturated rings. The zero-order chi connectivity index (χ0) is 13.3. The van der Waals surface area contributed by atoms with Gasteiger partial charge in [0.25, 0.3) is 0 Å². The molecule has 1 spiro atoms. The van der Waals surface area contributed by atoms with Gasteiger partial charge < -0.3 is 14.4 Å². The number of ether oxygens (including phenoxy) is 2. The molecule has 2 saturated heterocycles. The van der Waals surface area contributed by atoms with Crippen molar-refractivity contribution < 1.29 is 19.1 Å². The number of hydrogen-bond donors (Lipinski definition) is 0. The second-order valence-electron chi connectivity index (χ2n) is 5.08. The molecule has 0 atom stereocenters. The van der Waals surface area contributed by atoms with E-state index in [4.69, 9.17) is 9.47 Å². The predicted molar refractivity (Wildman–Crippen MR) is 66.5 cm³/mol. The topological polar surface area (TPSA) is 55.8 Å². The normalized spacial score (nSPS) is 20.4. The van der Waals surface area contributed by atoms with Gasteiger partial charge in [-0.2, -0.15) is 0 Å². The molecule has 5 nitrogen and oxygen atoms in total. The van der Waals surface area contributed by atoms with Gasteiger partial charge in [0.2, 0.25) is 0 Å². The first-order chi connectivity index (χ1) is 9.17. The molecule has 2 aliphatic heterocycles. The van der Waals surface area contributed by atoms with Gasteiger partial charge in [-0.15, -0.1) is 0 Å². The minimum Gasteiger partial charge on any atom is -0.445 e. The van der Waals surface area contributed by atoms with E-state index in [-0.39, 0.29) is 25.1 Å². The number of rotatable bonds is 2. The van der Waals surface area contributed by atoms with Crippen molar-refractivity contribution in [3.63, 3.8) is 0 Å². The molecule has 0 saturated carbocycles. The van der Waals surface area contributed by atoms with Crippen LogP contribution in [0.15, 0.2) is 30.3 Å². The molecule has 0 bridgehead atoms. The second-order valence-corrected chi connectivity index (χ2v) is 5.08. The molecule has 0 N–H and O–H groups in total. The SMILES string of the molecule is O=C1COC2(C1)CN(C(=O)OCc1ccccc1)C2. The van der Waals surface area contributed by atoms with Crippen molar-refractivity contribution in [3.05, 3.63) is 35.9 Å². The van der Waals surface area contributed by atoms with Crippen LogP contribution in [0.25, 0.3) is 0 Å². The van der Waals surface area contributed by atoms with Crippen LogP contribution >= 0.6 is 0 Å². The molecule has 0 unspecified atom stereocenters. The average molecular weight is 261 g/mol. The summed E-state index contributed by atoms with van der Waals surface area (Å²) in [5, 5.41) is 0. The second kappa shape index (κ2) is 4.66. The van der Waals surface area contributed by atoms with Gasteiger partial charge in [0.15, 0.2) is 5.78 Å². The van der Waals surface area contributed by atoms with Crippen LogP contribution in [0.4, 0.5) is 4.79 Å². The molecule has 1 aromatic carbocycles. The summed E-state index contributed by atoms with van der Waals surface area (Å²) in [6.45, 7) is 1.34. The van der Waals surface area contributed by atoms with Crippen LogP contribution in [0, 0.1) is 0 Å². The summed E-state index contributed by atoms with van der Waals surface area (Å²) < 4.78 is 10.6. The Morgan fingerprint density at radius 1 is 1.32 bits per heavy atom. The summed E-state index contributed by atoms with van der Waals surface area (Å²) in [5.41, 5.74) is 0.529. The van der Waals surface area contributed by atoms with E-state index in [1.165, 1.54) is 0 Å². The summed E-state index contributed by atoms with van der Waals surface area (Å²) in [6, 6.07) is 9.53. The number of hydrogen-bond acceptors (Lipinski definition) is 4. The van der Waals surface area contributed by atoms with E-state index in [0.717, 1.165) is 5.56 Å². The Hall–Kier alpha value is -1.88. The third kappa shape index (κ3) is 2.46. The van der Waals surface area contributed by atoms with Crippen LogP contribution in [0.3, 0.4) is 0 Å². The fraction of sp³-hybridized carbons (Fsp3) is 0.429. The van der Waals surface area contributed by atoms with Crippen molar-refractivity contribution in [1.82, 2.24) is 4.90 Å². The van der Waals surface area contributed by atoms with Gasteiger partial charge in [-0.3, -0.25) is 4.79 Å². The maximum absolute atomic E-state index is 11.8. The molecular formula is C14H15NO4. The summed E-state index contributed by atoms with van der Waals surface area (Å²) in [6.07, 6.45) is 0.0626. The highest BCUT2D eigenvalue weighted by atomic mass is 16.6. The van der Waals surface area contributed by atoms with E-state index >= 15 is 0 Å². The third-order valence-electron chi connectivity index (χ3n) is 3.48. The fourth-order valence-corrected chi connectivity index (χ4v) is 2.49. The van der Waals surface area contributed by atoms with Gasteiger partial charge >= 0.3 is 6.09 Å². The molecule has 1 amide bonds. The average Bonchev–Trinajstić information content (AvgIpc) is 2.78. The molecule has 0 radical (unpaired) electrons. The van der Waals surface area contributed by atoms with Gasteiger partial charge in [0, 0.05) is 6.42 Å². The van der Waals surface area contributed by atoms with E-state index in [1.54, 1.807) is 4.90 Å². The highest BCUT2D eigenvalue weighted by Gasteiger charge is 2.51. The third-order valence-corrected chi connectivity index (χ3v) is 3.48. The monoisotopic (exact) mass is 261 g/mol. The van der Waals surface area contributed by atoms with Crippen molar-refractivity contribution >= 4 is 11.9 Å². The number of benzene rings is 1. The van der Waals surface area contributed by atoms with Crippen molar-refractivity contribution in [2.45, 2.75) is 18.6 Å². The lowest BCUT2D eigenvalue weighted by atomic mass is 9.91. The largest absolute Gasteiger partial charge is 0.445 e. The highest BCUT2D eigenvalue weighted by Crippen LogP contribution is 2.33. The van der Waals surface area contributed by atoms with E-state index in [2.05, 4.69) is 0 Å². The lowest BCUT2D eigenvalue weighted by Gasteiger charge is -2.45. The first-order valence-electron chi connectivity index (χ1n) is 6.28. The van der Waals surface area contributed by atoms with E-state index < -0.39 is 5.60 Å². The van der Waals surface area contributed by atoms with Crippen molar-refractivity contribution in [1.29, 1.82) is 0 Å². The molecule has 2 heterocycles.